The molecular weight excluding hydrogens is 272 g/mol. The number of hydrogen-bond acceptors (Lipinski definition) is 5. The van der Waals surface area contributed by atoms with Crippen molar-refractivity contribution in [3.8, 4) is 28.7 Å². The fraction of sp³-hybridized carbons (Fsp3) is 0.125. The lowest BCUT2D eigenvalue weighted by molar-refractivity contribution is 0.371. The zero-order chi connectivity index (χ0) is 15.1. The van der Waals surface area contributed by atoms with Crippen LogP contribution in [-0.4, -0.2) is 29.5 Å². The Morgan fingerprint density at radius 2 is 1.57 bits per heavy atom. The van der Waals surface area contributed by atoms with E-state index in [0.717, 1.165) is 10.8 Å². The Labute approximate surface area is 120 Å². The van der Waals surface area contributed by atoms with Crippen molar-refractivity contribution in [1.29, 1.82) is 0 Å². The van der Waals surface area contributed by atoms with Gasteiger partial charge in [0.2, 0.25) is 5.75 Å². The molecule has 0 bridgehead atoms. The quantitative estimate of drug-likeness (QED) is 0.498. The lowest BCUT2D eigenvalue weighted by Gasteiger charge is -2.13. The van der Waals surface area contributed by atoms with E-state index < -0.39 is 5.75 Å². The number of aromatic hydroxyl groups is 3. The minimum absolute atomic E-state index is 0.357. The Balaban J connectivity index is 2.53. The Morgan fingerprint density at radius 3 is 2.24 bits per heavy atom. The number of phenolic OH excluding ortho intramolecular Hbond substituents is 3. The molecule has 3 rings (SSSR count). The number of hydrogen-bond donors (Lipinski definition) is 3. The van der Waals surface area contributed by atoms with Crippen molar-refractivity contribution in [2.24, 2.45) is 0 Å². The van der Waals surface area contributed by atoms with Crippen LogP contribution in [0.4, 0.5) is 0 Å². The molecule has 0 radical (unpaired) electrons. The Hall–Kier alpha value is -2.82. The maximum atomic E-state index is 9.99. The van der Waals surface area contributed by atoms with E-state index in [1.165, 1.54) is 13.2 Å². The number of rotatable bonds is 2. The van der Waals surface area contributed by atoms with E-state index in [1.807, 2.05) is 6.07 Å². The number of fused-ring (bicyclic) bond motifs is 3. The van der Waals surface area contributed by atoms with Gasteiger partial charge in [-0.15, -0.1) is 0 Å². The molecule has 5 heteroatoms. The summed E-state index contributed by atoms with van der Waals surface area (Å²) in [5.41, 5.74) is 0. The smallest absolute Gasteiger partial charge is 0.200 e. The van der Waals surface area contributed by atoms with Gasteiger partial charge in [0.1, 0.15) is 11.5 Å². The first kappa shape index (κ1) is 13.2. The molecule has 0 saturated heterocycles. The lowest BCUT2D eigenvalue weighted by Crippen LogP contribution is -1.90. The van der Waals surface area contributed by atoms with Crippen LogP contribution in [0.1, 0.15) is 0 Å². The third-order valence-corrected chi connectivity index (χ3v) is 3.55. The van der Waals surface area contributed by atoms with E-state index in [1.54, 1.807) is 25.3 Å². The molecule has 0 aliphatic carbocycles. The highest BCUT2D eigenvalue weighted by molar-refractivity contribution is 6.13. The van der Waals surface area contributed by atoms with Crippen molar-refractivity contribution in [1.82, 2.24) is 0 Å². The first-order chi connectivity index (χ1) is 10.1. The van der Waals surface area contributed by atoms with Crippen LogP contribution < -0.4 is 9.47 Å². The van der Waals surface area contributed by atoms with E-state index in [4.69, 9.17) is 9.47 Å². The minimum Gasteiger partial charge on any atom is -0.504 e. The highest BCUT2D eigenvalue weighted by atomic mass is 16.5. The molecule has 0 unspecified atom stereocenters. The van der Waals surface area contributed by atoms with Gasteiger partial charge in [-0.25, -0.2) is 0 Å². The van der Waals surface area contributed by atoms with Gasteiger partial charge < -0.3 is 24.8 Å². The van der Waals surface area contributed by atoms with Crippen LogP contribution in [-0.2, 0) is 0 Å². The van der Waals surface area contributed by atoms with Crippen molar-refractivity contribution in [3.05, 3.63) is 30.3 Å². The third kappa shape index (κ3) is 1.86. The molecule has 0 fully saturated rings. The maximum Gasteiger partial charge on any atom is 0.200 e. The van der Waals surface area contributed by atoms with Gasteiger partial charge in [-0.2, -0.15) is 0 Å². The molecule has 0 amide bonds. The molecule has 0 aliphatic heterocycles. The van der Waals surface area contributed by atoms with E-state index in [0.29, 0.717) is 22.3 Å². The van der Waals surface area contributed by atoms with E-state index in [-0.39, 0.29) is 11.5 Å². The summed E-state index contributed by atoms with van der Waals surface area (Å²) in [5, 5.41) is 31.9. The first-order valence-electron chi connectivity index (χ1n) is 6.29. The molecule has 0 aromatic heterocycles. The maximum absolute atomic E-state index is 9.99. The van der Waals surface area contributed by atoms with E-state index in [9.17, 15) is 15.3 Å². The van der Waals surface area contributed by atoms with Crippen LogP contribution in [0.3, 0.4) is 0 Å². The molecular formula is C16H14O5. The number of phenols is 3. The average molecular weight is 286 g/mol. The van der Waals surface area contributed by atoms with Crippen molar-refractivity contribution < 1.29 is 24.8 Å². The standard InChI is InChI=1S/C16H14O5/c1-20-9-5-8-3-4-10-11(14(8)13(6-9)21-2)7-12(17)16(19)15(10)18/h3-7,17-19H,1-2H3. The number of methoxy groups -OCH3 is 2. The highest BCUT2D eigenvalue weighted by Crippen LogP contribution is 2.45. The molecule has 0 aliphatic rings. The Bertz CT molecular complexity index is 855. The molecule has 5 nitrogen and oxygen atoms in total. The van der Waals surface area contributed by atoms with Gasteiger partial charge in [0.15, 0.2) is 11.5 Å². The Morgan fingerprint density at radius 1 is 0.810 bits per heavy atom. The molecule has 21 heavy (non-hydrogen) atoms. The van der Waals surface area contributed by atoms with Gasteiger partial charge in [-0.05, 0) is 23.6 Å². The summed E-state index contributed by atoms with van der Waals surface area (Å²) in [6.07, 6.45) is 0. The second kappa shape index (κ2) is 4.63. The second-order valence-corrected chi connectivity index (χ2v) is 4.68. The third-order valence-electron chi connectivity index (χ3n) is 3.55. The van der Waals surface area contributed by atoms with E-state index in [2.05, 4.69) is 0 Å². The fourth-order valence-corrected chi connectivity index (χ4v) is 2.52. The zero-order valence-corrected chi connectivity index (χ0v) is 11.5. The van der Waals surface area contributed by atoms with Crippen molar-refractivity contribution in [3.63, 3.8) is 0 Å². The topological polar surface area (TPSA) is 79.2 Å². The summed E-state index contributed by atoms with van der Waals surface area (Å²) < 4.78 is 10.6. The van der Waals surface area contributed by atoms with E-state index >= 15 is 0 Å². The van der Waals surface area contributed by atoms with Crippen LogP contribution >= 0.6 is 0 Å². The molecule has 3 aromatic carbocycles. The van der Waals surface area contributed by atoms with Gasteiger partial charge in [0.25, 0.3) is 0 Å². The molecule has 3 N–H and O–H groups in total. The van der Waals surface area contributed by atoms with Crippen LogP contribution in [0.2, 0.25) is 0 Å². The predicted molar refractivity (Wildman–Crippen MR) is 79.6 cm³/mol. The summed E-state index contributed by atoms with van der Waals surface area (Å²) in [6.45, 7) is 0. The van der Waals surface area contributed by atoms with Crippen LogP contribution in [0.5, 0.6) is 28.7 Å². The molecule has 0 saturated carbocycles. The molecule has 0 spiro atoms. The average Bonchev–Trinajstić information content (AvgIpc) is 2.51. The number of benzene rings is 3. The van der Waals surface area contributed by atoms with Crippen LogP contribution in [0.15, 0.2) is 30.3 Å². The summed E-state index contributed by atoms with van der Waals surface area (Å²) in [5.74, 6) is -0.0742. The van der Waals surface area contributed by atoms with Crippen LogP contribution in [0, 0.1) is 0 Å². The highest BCUT2D eigenvalue weighted by Gasteiger charge is 2.16. The molecule has 3 aromatic rings. The van der Waals surface area contributed by atoms with Gasteiger partial charge in [-0.1, -0.05) is 6.07 Å². The van der Waals surface area contributed by atoms with Crippen LogP contribution in [0.25, 0.3) is 21.5 Å². The summed E-state index contributed by atoms with van der Waals surface area (Å²) in [4.78, 5) is 0. The first-order valence-corrected chi connectivity index (χ1v) is 6.29. The normalized spacial score (nSPS) is 11.0. The summed E-state index contributed by atoms with van der Waals surface area (Å²) in [6, 6.07) is 8.42. The SMILES string of the molecule is COc1cc(OC)c2c(ccc3c(O)c(O)c(O)cc32)c1. The lowest BCUT2D eigenvalue weighted by atomic mass is 9.99. The van der Waals surface area contributed by atoms with Gasteiger partial charge in [0.05, 0.1) is 14.2 Å². The predicted octanol–water partition coefficient (Wildman–Crippen LogP) is 3.13. The van der Waals surface area contributed by atoms with Crippen molar-refractivity contribution in [2.75, 3.05) is 14.2 Å². The summed E-state index contributed by atoms with van der Waals surface area (Å²) in [7, 11) is 3.10. The second-order valence-electron chi connectivity index (χ2n) is 4.68. The molecule has 0 atom stereocenters. The van der Waals surface area contributed by atoms with Gasteiger partial charge in [-0.3, -0.25) is 0 Å². The Kier molecular flexibility index (Phi) is 2.90. The van der Waals surface area contributed by atoms with Crippen molar-refractivity contribution in [2.45, 2.75) is 0 Å². The van der Waals surface area contributed by atoms with Gasteiger partial charge >= 0.3 is 0 Å². The number of ether oxygens (including phenoxy) is 2. The van der Waals surface area contributed by atoms with Crippen molar-refractivity contribution >= 4 is 21.5 Å². The summed E-state index contributed by atoms with van der Waals surface area (Å²) >= 11 is 0. The largest absolute Gasteiger partial charge is 0.504 e. The molecule has 108 valence electrons. The minimum atomic E-state index is -0.533. The fourth-order valence-electron chi connectivity index (χ4n) is 2.52. The zero-order valence-electron chi connectivity index (χ0n) is 11.5. The molecule has 0 heterocycles. The van der Waals surface area contributed by atoms with Gasteiger partial charge in [0, 0.05) is 22.2 Å². The monoisotopic (exact) mass is 286 g/mol.